The van der Waals surface area contributed by atoms with Gasteiger partial charge in [-0.1, -0.05) is 25.1 Å². The average molecular weight is 398 g/mol. The third kappa shape index (κ3) is 3.68. The second-order valence-corrected chi connectivity index (χ2v) is 9.18. The van der Waals surface area contributed by atoms with Gasteiger partial charge in [0.05, 0.1) is 4.90 Å². The van der Waals surface area contributed by atoms with Crippen LogP contribution in [-0.4, -0.2) is 31.7 Å². The number of amides is 1. The Morgan fingerprint density at radius 1 is 1.14 bits per heavy atom. The van der Waals surface area contributed by atoms with Crippen molar-refractivity contribution >= 4 is 32.6 Å². The SMILES string of the molecule is CC1CCCN(S(=O)(=O)c2ccc(NC(=O)c3cc4ccccc4o3)cc2)C1. The van der Waals surface area contributed by atoms with Crippen LogP contribution < -0.4 is 5.32 Å². The Bertz CT molecular complexity index is 1070. The summed E-state index contributed by atoms with van der Waals surface area (Å²) in [6.07, 6.45) is 1.94. The molecule has 146 valence electrons. The van der Waals surface area contributed by atoms with Gasteiger partial charge in [0, 0.05) is 24.2 Å². The van der Waals surface area contributed by atoms with E-state index in [4.69, 9.17) is 4.42 Å². The maximum absolute atomic E-state index is 12.8. The molecule has 7 heteroatoms. The molecule has 1 aliphatic heterocycles. The number of hydrogen-bond donors (Lipinski definition) is 1. The molecule has 6 nitrogen and oxygen atoms in total. The average Bonchev–Trinajstić information content (AvgIpc) is 3.13. The van der Waals surface area contributed by atoms with Crippen LogP contribution in [0.1, 0.15) is 30.3 Å². The van der Waals surface area contributed by atoms with Crippen LogP contribution >= 0.6 is 0 Å². The molecule has 1 saturated heterocycles. The third-order valence-electron chi connectivity index (χ3n) is 5.02. The van der Waals surface area contributed by atoms with E-state index < -0.39 is 10.0 Å². The number of hydrogen-bond acceptors (Lipinski definition) is 4. The zero-order valence-corrected chi connectivity index (χ0v) is 16.4. The summed E-state index contributed by atoms with van der Waals surface area (Å²) in [6.45, 7) is 3.17. The molecule has 1 atom stereocenters. The molecule has 1 N–H and O–H groups in total. The number of fused-ring (bicyclic) bond motifs is 1. The van der Waals surface area contributed by atoms with Gasteiger partial charge in [-0.2, -0.15) is 4.31 Å². The molecule has 2 aromatic carbocycles. The van der Waals surface area contributed by atoms with Crippen LogP contribution in [-0.2, 0) is 10.0 Å². The van der Waals surface area contributed by atoms with Gasteiger partial charge in [-0.25, -0.2) is 8.42 Å². The van der Waals surface area contributed by atoms with Crippen molar-refractivity contribution in [3.05, 3.63) is 60.4 Å². The summed E-state index contributed by atoms with van der Waals surface area (Å²) in [4.78, 5) is 12.7. The lowest BCUT2D eigenvalue weighted by atomic mass is 10.0. The molecule has 0 saturated carbocycles. The number of rotatable bonds is 4. The maximum Gasteiger partial charge on any atom is 0.291 e. The molecule has 0 bridgehead atoms. The number of benzene rings is 2. The van der Waals surface area contributed by atoms with Crippen molar-refractivity contribution in [1.82, 2.24) is 4.31 Å². The van der Waals surface area contributed by atoms with Crippen LogP contribution in [0, 0.1) is 5.92 Å². The lowest BCUT2D eigenvalue weighted by Gasteiger charge is -2.30. The van der Waals surface area contributed by atoms with Gasteiger partial charge in [-0.05, 0) is 55.2 Å². The van der Waals surface area contributed by atoms with E-state index in [0.29, 0.717) is 30.3 Å². The molecule has 2 heterocycles. The summed E-state index contributed by atoms with van der Waals surface area (Å²) in [5, 5.41) is 3.60. The number of carbonyl (C=O) groups excluding carboxylic acids is 1. The van der Waals surface area contributed by atoms with Gasteiger partial charge in [-0.3, -0.25) is 4.79 Å². The van der Waals surface area contributed by atoms with E-state index in [1.807, 2.05) is 18.2 Å². The van der Waals surface area contributed by atoms with Gasteiger partial charge in [0.1, 0.15) is 5.58 Å². The fourth-order valence-corrected chi connectivity index (χ4v) is 5.11. The molecule has 1 aromatic heterocycles. The molecular weight excluding hydrogens is 376 g/mol. The number of piperidine rings is 1. The number of nitrogens with zero attached hydrogens (tertiary/aromatic N) is 1. The first-order valence-corrected chi connectivity index (χ1v) is 10.8. The Hall–Kier alpha value is -2.64. The van der Waals surface area contributed by atoms with Crippen LogP contribution in [0.5, 0.6) is 0 Å². The van der Waals surface area contributed by atoms with Crippen molar-refractivity contribution in [3.63, 3.8) is 0 Å². The van der Waals surface area contributed by atoms with Crippen LogP contribution in [0.4, 0.5) is 5.69 Å². The largest absolute Gasteiger partial charge is 0.451 e. The Labute approximate surface area is 164 Å². The van der Waals surface area contributed by atoms with Gasteiger partial charge in [0.15, 0.2) is 5.76 Å². The molecule has 28 heavy (non-hydrogen) atoms. The summed E-state index contributed by atoms with van der Waals surface area (Å²) in [6, 6.07) is 15.3. The monoisotopic (exact) mass is 398 g/mol. The fraction of sp³-hybridized carbons (Fsp3) is 0.286. The minimum Gasteiger partial charge on any atom is -0.451 e. The number of para-hydroxylation sites is 1. The van der Waals surface area contributed by atoms with Crippen LogP contribution in [0.25, 0.3) is 11.0 Å². The van der Waals surface area contributed by atoms with E-state index in [9.17, 15) is 13.2 Å². The number of sulfonamides is 1. The number of carbonyl (C=O) groups is 1. The van der Waals surface area contributed by atoms with Gasteiger partial charge in [-0.15, -0.1) is 0 Å². The second kappa shape index (κ2) is 7.41. The first-order chi connectivity index (χ1) is 13.4. The molecule has 0 aliphatic carbocycles. The zero-order chi connectivity index (χ0) is 19.7. The van der Waals surface area contributed by atoms with E-state index in [-0.39, 0.29) is 16.6 Å². The van der Waals surface area contributed by atoms with Crippen molar-refractivity contribution < 1.29 is 17.6 Å². The van der Waals surface area contributed by atoms with E-state index in [2.05, 4.69) is 12.2 Å². The Balaban J connectivity index is 1.49. The molecule has 1 fully saturated rings. The standard InChI is InChI=1S/C21H22N2O4S/c1-15-5-4-12-23(14-15)28(25,26)18-10-8-17(9-11-18)22-21(24)20-13-16-6-2-3-7-19(16)27-20/h2-3,6-11,13,15H,4-5,12,14H2,1H3,(H,22,24). The number of nitrogens with one attached hydrogen (secondary N) is 1. The summed E-state index contributed by atoms with van der Waals surface area (Å²) >= 11 is 0. The van der Waals surface area contributed by atoms with Gasteiger partial charge in [0.25, 0.3) is 5.91 Å². The van der Waals surface area contributed by atoms with Gasteiger partial charge in [0.2, 0.25) is 10.0 Å². The molecular formula is C21H22N2O4S. The van der Waals surface area contributed by atoms with Crippen molar-refractivity contribution in [2.45, 2.75) is 24.7 Å². The molecule has 4 rings (SSSR count). The minimum absolute atomic E-state index is 0.209. The third-order valence-corrected chi connectivity index (χ3v) is 6.90. The fourth-order valence-electron chi connectivity index (χ4n) is 3.51. The molecule has 1 unspecified atom stereocenters. The zero-order valence-electron chi connectivity index (χ0n) is 15.6. The highest BCUT2D eigenvalue weighted by Crippen LogP contribution is 2.25. The van der Waals surface area contributed by atoms with Crippen LogP contribution in [0.15, 0.2) is 63.9 Å². The Morgan fingerprint density at radius 3 is 2.61 bits per heavy atom. The summed E-state index contributed by atoms with van der Waals surface area (Å²) in [5.74, 6) is 0.197. The molecule has 0 radical (unpaired) electrons. The van der Waals surface area contributed by atoms with E-state index in [1.165, 1.54) is 12.1 Å². The molecule has 3 aromatic rings. The number of anilines is 1. The van der Waals surface area contributed by atoms with Crippen LogP contribution in [0.3, 0.4) is 0 Å². The molecule has 1 aliphatic rings. The Kier molecular flexibility index (Phi) is 4.95. The van der Waals surface area contributed by atoms with Crippen LogP contribution in [0.2, 0.25) is 0 Å². The highest BCUT2D eigenvalue weighted by Gasteiger charge is 2.28. The predicted molar refractivity (Wildman–Crippen MR) is 108 cm³/mol. The van der Waals surface area contributed by atoms with Crippen molar-refractivity contribution in [2.75, 3.05) is 18.4 Å². The summed E-state index contributed by atoms with van der Waals surface area (Å²) in [5.41, 5.74) is 1.15. The van der Waals surface area contributed by atoms with E-state index in [0.717, 1.165) is 18.2 Å². The van der Waals surface area contributed by atoms with Gasteiger partial charge < -0.3 is 9.73 Å². The highest BCUT2D eigenvalue weighted by atomic mass is 32.2. The quantitative estimate of drug-likeness (QED) is 0.717. The van der Waals surface area contributed by atoms with Gasteiger partial charge >= 0.3 is 0 Å². The molecule has 0 spiro atoms. The van der Waals surface area contributed by atoms with E-state index >= 15 is 0 Å². The lowest BCUT2D eigenvalue weighted by Crippen LogP contribution is -2.39. The van der Waals surface area contributed by atoms with Crippen molar-refractivity contribution in [3.8, 4) is 0 Å². The second-order valence-electron chi connectivity index (χ2n) is 7.24. The molecule has 1 amide bonds. The smallest absolute Gasteiger partial charge is 0.291 e. The van der Waals surface area contributed by atoms with Crippen molar-refractivity contribution in [2.24, 2.45) is 5.92 Å². The first kappa shape index (κ1) is 18.7. The number of furan rings is 1. The van der Waals surface area contributed by atoms with Crippen molar-refractivity contribution in [1.29, 1.82) is 0 Å². The maximum atomic E-state index is 12.8. The topological polar surface area (TPSA) is 79.6 Å². The minimum atomic E-state index is -3.51. The predicted octanol–water partition coefficient (Wildman–Crippen LogP) is 4.11. The first-order valence-electron chi connectivity index (χ1n) is 9.33. The normalized spacial score (nSPS) is 18.2. The summed E-state index contributed by atoms with van der Waals surface area (Å²) in [7, 11) is -3.51. The van der Waals surface area contributed by atoms with E-state index in [1.54, 1.807) is 28.6 Å². The summed E-state index contributed by atoms with van der Waals surface area (Å²) < 4.78 is 32.7. The highest BCUT2D eigenvalue weighted by molar-refractivity contribution is 7.89. The lowest BCUT2D eigenvalue weighted by molar-refractivity contribution is 0.0998. The Morgan fingerprint density at radius 2 is 1.89 bits per heavy atom.